The summed E-state index contributed by atoms with van der Waals surface area (Å²) in [6, 6.07) is 11.8. The fourth-order valence-electron chi connectivity index (χ4n) is 2.70. The molecule has 7 nitrogen and oxygen atoms in total. The Morgan fingerprint density at radius 3 is 2.58 bits per heavy atom. The maximum absolute atomic E-state index is 12.5. The van der Waals surface area contributed by atoms with Gasteiger partial charge in [0.1, 0.15) is 24.2 Å². The summed E-state index contributed by atoms with van der Waals surface area (Å²) in [5, 5.41) is 2.97. The average molecular weight is 352 g/mol. The Morgan fingerprint density at radius 2 is 1.96 bits per heavy atom. The second-order valence-corrected chi connectivity index (χ2v) is 5.84. The van der Waals surface area contributed by atoms with Crippen LogP contribution >= 0.6 is 0 Å². The first kappa shape index (κ1) is 17.5. The van der Waals surface area contributed by atoms with Crippen molar-refractivity contribution >= 4 is 5.91 Å². The lowest BCUT2D eigenvalue weighted by Crippen LogP contribution is -2.35. The zero-order valence-corrected chi connectivity index (χ0v) is 14.6. The summed E-state index contributed by atoms with van der Waals surface area (Å²) in [7, 11) is 3.47. The van der Waals surface area contributed by atoms with Crippen molar-refractivity contribution in [3.05, 3.63) is 82.8 Å². The van der Waals surface area contributed by atoms with E-state index in [1.54, 1.807) is 31.6 Å². The molecule has 1 N–H and O–H groups in total. The molecule has 2 heterocycles. The minimum atomic E-state index is -0.437. The van der Waals surface area contributed by atoms with Crippen LogP contribution in [0.2, 0.25) is 0 Å². The van der Waals surface area contributed by atoms with Gasteiger partial charge in [-0.1, -0.05) is 18.2 Å². The number of nitrogens with one attached hydrogen (secondary N) is 1. The number of carbonyl (C=O) groups is 1. The minimum Gasteiger partial charge on any atom is -0.497 e. The molecule has 0 fully saturated rings. The van der Waals surface area contributed by atoms with E-state index in [-0.39, 0.29) is 18.0 Å². The van der Waals surface area contributed by atoms with Crippen molar-refractivity contribution in [1.82, 2.24) is 19.4 Å². The summed E-state index contributed by atoms with van der Waals surface area (Å²) in [6.45, 7) is -0.0588. The summed E-state index contributed by atoms with van der Waals surface area (Å²) < 4.78 is 8.40. The zero-order chi connectivity index (χ0) is 18.5. The van der Waals surface area contributed by atoms with Gasteiger partial charge in [0.2, 0.25) is 5.91 Å². The molecule has 0 saturated carbocycles. The number of hydrogen-bond acceptors (Lipinski definition) is 4. The molecule has 7 heteroatoms. The van der Waals surface area contributed by atoms with Crippen molar-refractivity contribution in [2.45, 2.75) is 12.6 Å². The largest absolute Gasteiger partial charge is 0.497 e. The normalized spacial score (nSPS) is 11.8. The van der Waals surface area contributed by atoms with Crippen molar-refractivity contribution in [2.24, 2.45) is 7.05 Å². The molecular formula is C19H20N4O3. The number of methoxy groups -OCH3 is 1. The number of nitrogens with zero attached hydrogens (tertiary/aromatic N) is 3. The summed E-state index contributed by atoms with van der Waals surface area (Å²) in [4.78, 5) is 28.7. The fourth-order valence-corrected chi connectivity index (χ4v) is 2.70. The van der Waals surface area contributed by atoms with E-state index in [0.29, 0.717) is 5.82 Å². The number of hydrogen-bond donors (Lipinski definition) is 1. The lowest BCUT2D eigenvalue weighted by molar-refractivity contribution is -0.122. The maximum Gasteiger partial charge on any atom is 0.250 e. The number of rotatable bonds is 6. The number of benzene rings is 1. The molecule has 1 atom stereocenters. The smallest absolute Gasteiger partial charge is 0.250 e. The number of aryl methyl sites for hydroxylation is 1. The Kier molecular flexibility index (Phi) is 5.17. The standard InChI is InChI=1S/C19H20N4O3/c1-22-12-10-20-19(22)18(14-6-8-15(26-2)9-7-14)21-16(24)13-23-11-4-3-5-17(23)25/h3-12,18H,13H2,1-2H3,(H,21,24). The predicted molar refractivity (Wildman–Crippen MR) is 96.9 cm³/mol. The van der Waals surface area contributed by atoms with E-state index in [0.717, 1.165) is 11.3 Å². The van der Waals surface area contributed by atoms with Gasteiger partial charge in [-0.15, -0.1) is 0 Å². The van der Waals surface area contributed by atoms with Crippen LogP contribution in [0.25, 0.3) is 0 Å². The van der Waals surface area contributed by atoms with Crippen LogP contribution in [0.4, 0.5) is 0 Å². The molecule has 0 aliphatic heterocycles. The molecule has 0 aliphatic carbocycles. The molecule has 1 aromatic carbocycles. The van der Waals surface area contributed by atoms with Gasteiger partial charge in [-0.3, -0.25) is 9.59 Å². The summed E-state index contributed by atoms with van der Waals surface area (Å²) >= 11 is 0. The van der Waals surface area contributed by atoms with E-state index in [1.807, 2.05) is 42.1 Å². The molecule has 0 bridgehead atoms. The van der Waals surface area contributed by atoms with Gasteiger partial charge < -0.3 is 19.2 Å². The maximum atomic E-state index is 12.5. The van der Waals surface area contributed by atoms with Crippen LogP contribution < -0.4 is 15.6 Å². The average Bonchev–Trinajstić information content (AvgIpc) is 3.07. The van der Waals surface area contributed by atoms with Crippen LogP contribution in [-0.4, -0.2) is 27.1 Å². The first-order chi connectivity index (χ1) is 12.6. The van der Waals surface area contributed by atoms with Gasteiger partial charge in [0, 0.05) is 31.7 Å². The Labute approximate surface area is 150 Å². The highest BCUT2D eigenvalue weighted by Gasteiger charge is 2.21. The number of pyridine rings is 1. The predicted octanol–water partition coefficient (Wildman–Crippen LogP) is 1.50. The molecule has 1 unspecified atom stereocenters. The number of amides is 1. The van der Waals surface area contributed by atoms with Crippen molar-refractivity contribution in [3.63, 3.8) is 0 Å². The summed E-state index contributed by atoms with van der Waals surface area (Å²) in [5.41, 5.74) is 0.648. The lowest BCUT2D eigenvalue weighted by Gasteiger charge is -2.20. The van der Waals surface area contributed by atoms with E-state index in [1.165, 1.54) is 10.6 Å². The third-order valence-electron chi connectivity index (χ3n) is 4.08. The Balaban J connectivity index is 1.86. The Hall–Kier alpha value is -3.35. The van der Waals surface area contributed by atoms with Crippen molar-refractivity contribution in [1.29, 1.82) is 0 Å². The second-order valence-electron chi connectivity index (χ2n) is 5.84. The molecule has 0 saturated heterocycles. The Morgan fingerprint density at radius 1 is 1.19 bits per heavy atom. The molecule has 0 spiro atoms. The van der Waals surface area contributed by atoms with Crippen molar-refractivity contribution in [3.8, 4) is 5.75 Å². The molecule has 26 heavy (non-hydrogen) atoms. The molecule has 134 valence electrons. The Bertz CT molecular complexity index is 944. The van der Waals surface area contributed by atoms with Crippen molar-refractivity contribution in [2.75, 3.05) is 7.11 Å². The molecule has 3 rings (SSSR count). The highest BCUT2D eigenvalue weighted by Crippen LogP contribution is 2.23. The van der Waals surface area contributed by atoms with Crippen molar-refractivity contribution < 1.29 is 9.53 Å². The lowest BCUT2D eigenvalue weighted by atomic mass is 10.1. The van der Waals surface area contributed by atoms with Gasteiger partial charge >= 0.3 is 0 Å². The fraction of sp³-hybridized carbons (Fsp3) is 0.211. The molecule has 3 aromatic rings. The van der Waals surface area contributed by atoms with Crippen LogP contribution in [0.3, 0.4) is 0 Å². The zero-order valence-electron chi connectivity index (χ0n) is 14.6. The third kappa shape index (κ3) is 3.83. The number of carbonyl (C=O) groups excluding carboxylic acids is 1. The molecule has 2 aromatic heterocycles. The van der Waals surface area contributed by atoms with Crippen LogP contribution in [0, 0.1) is 0 Å². The molecular weight excluding hydrogens is 332 g/mol. The second kappa shape index (κ2) is 7.69. The highest BCUT2D eigenvalue weighted by molar-refractivity contribution is 5.76. The van der Waals surface area contributed by atoms with Gasteiger partial charge in [-0.05, 0) is 23.8 Å². The van der Waals surface area contributed by atoms with Gasteiger partial charge in [0.15, 0.2) is 0 Å². The van der Waals surface area contributed by atoms with Gasteiger partial charge in [0.25, 0.3) is 5.56 Å². The van der Waals surface area contributed by atoms with E-state index < -0.39 is 6.04 Å². The molecule has 0 aliphatic rings. The topological polar surface area (TPSA) is 78.2 Å². The SMILES string of the molecule is COc1ccc(C(NC(=O)Cn2ccccc2=O)c2nccn2C)cc1. The minimum absolute atomic E-state index is 0.0588. The number of ether oxygens (including phenoxy) is 1. The van der Waals surface area contributed by atoms with Crippen LogP contribution in [0.15, 0.2) is 65.8 Å². The molecule has 0 radical (unpaired) electrons. The van der Waals surface area contributed by atoms with Gasteiger partial charge in [-0.25, -0.2) is 4.98 Å². The van der Waals surface area contributed by atoms with Crippen LogP contribution in [-0.2, 0) is 18.4 Å². The first-order valence-corrected chi connectivity index (χ1v) is 8.14. The molecule has 1 amide bonds. The van der Waals surface area contributed by atoms with Gasteiger partial charge in [-0.2, -0.15) is 0 Å². The van der Waals surface area contributed by atoms with Crippen LogP contribution in [0.5, 0.6) is 5.75 Å². The van der Waals surface area contributed by atoms with E-state index in [4.69, 9.17) is 4.74 Å². The van der Waals surface area contributed by atoms with Gasteiger partial charge in [0.05, 0.1) is 7.11 Å². The number of imidazole rings is 1. The highest BCUT2D eigenvalue weighted by atomic mass is 16.5. The third-order valence-corrected chi connectivity index (χ3v) is 4.08. The van der Waals surface area contributed by atoms with E-state index >= 15 is 0 Å². The first-order valence-electron chi connectivity index (χ1n) is 8.14. The van der Waals surface area contributed by atoms with E-state index in [2.05, 4.69) is 10.3 Å². The quantitative estimate of drug-likeness (QED) is 0.729. The monoisotopic (exact) mass is 352 g/mol. The van der Waals surface area contributed by atoms with Crippen LogP contribution in [0.1, 0.15) is 17.4 Å². The summed E-state index contributed by atoms with van der Waals surface area (Å²) in [6.07, 6.45) is 5.09. The summed E-state index contributed by atoms with van der Waals surface area (Å²) in [5.74, 6) is 1.15. The van der Waals surface area contributed by atoms with E-state index in [9.17, 15) is 9.59 Å². The number of aromatic nitrogens is 3.